The average molecular weight is 842 g/mol. The lowest BCUT2D eigenvalue weighted by atomic mass is 10.1. The van der Waals surface area contributed by atoms with E-state index in [-0.39, 0.29) is 19.4 Å². The Morgan fingerprint density at radius 3 is 1.40 bits per heavy atom. The molecule has 0 aliphatic heterocycles. The number of carbonyl (C=O) groups is 3. The summed E-state index contributed by atoms with van der Waals surface area (Å²) < 4.78 is 32.7. The zero-order chi connectivity index (χ0) is 42.8. The zero-order valence-corrected chi connectivity index (χ0v) is 37.5. The molecule has 0 bridgehead atoms. The van der Waals surface area contributed by atoms with Crippen LogP contribution in [0.1, 0.15) is 206 Å². The van der Waals surface area contributed by atoms with Crippen LogP contribution in [0.4, 0.5) is 0 Å². The van der Waals surface area contributed by atoms with Crippen molar-refractivity contribution in [2.75, 3.05) is 19.8 Å². The van der Waals surface area contributed by atoms with Gasteiger partial charge in [-0.1, -0.05) is 159 Å². The Bertz CT molecular complexity index is 1130. The van der Waals surface area contributed by atoms with Gasteiger partial charge in [-0.2, -0.15) is 0 Å². The summed E-state index contributed by atoms with van der Waals surface area (Å²) in [4.78, 5) is 46.0. The highest BCUT2D eigenvalue weighted by atomic mass is 31.2. The van der Waals surface area contributed by atoms with Crippen LogP contribution < -0.4 is 5.73 Å². The summed E-state index contributed by atoms with van der Waals surface area (Å²) in [6.45, 7) is 2.77. The highest BCUT2D eigenvalue weighted by Gasteiger charge is 2.28. The van der Waals surface area contributed by atoms with E-state index in [9.17, 15) is 23.8 Å². The van der Waals surface area contributed by atoms with Crippen LogP contribution >= 0.6 is 7.82 Å². The number of hydrogen-bond acceptors (Lipinski definition) is 9. The van der Waals surface area contributed by atoms with Gasteiger partial charge in [0.25, 0.3) is 0 Å². The molecule has 3 atom stereocenters. The van der Waals surface area contributed by atoms with Crippen molar-refractivity contribution in [3.05, 3.63) is 36.5 Å². The van der Waals surface area contributed by atoms with E-state index in [4.69, 9.17) is 24.8 Å². The van der Waals surface area contributed by atoms with Gasteiger partial charge in [-0.25, -0.2) is 4.57 Å². The molecule has 0 fully saturated rings. The second-order valence-electron chi connectivity index (χ2n) is 15.5. The molecule has 0 aromatic rings. The van der Waals surface area contributed by atoms with E-state index in [0.717, 1.165) is 64.2 Å². The van der Waals surface area contributed by atoms with Crippen molar-refractivity contribution in [3.63, 3.8) is 0 Å². The number of rotatable bonds is 43. The van der Waals surface area contributed by atoms with Crippen molar-refractivity contribution in [3.8, 4) is 0 Å². The number of phosphoric acid groups is 1. The van der Waals surface area contributed by atoms with Crippen LogP contribution in [0.2, 0.25) is 0 Å². The van der Waals surface area contributed by atoms with E-state index in [1.165, 1.54) is 103 Å². The first-order valence-corrected chi connectivity index (χ1v) is 24.5. The predicted molar refractivity (Wildman–Crippen MR) is 235 cm³/mol. The highest BCUT2D eigenvalue weighted by Crippen LogP contribution is 2.43. The molecule has 0 aromatic carbocycles. The zero-order valence-electron chi connectivity index (χ0n) is 36.6. The second-order valence-corrected chi connectivity index (χ2v) is 17.0. The van der Waals surface area contributed by atoms with Crippen LogP contribution in [0.3, 0.4) is 0 Å². The number of aliphatic carboxylic acids is 1. The minimum Gasteiger partial charge on any atom is -0.480 e. The molecule has 58 heavy (non-hydrogen) atoms. The monoisotopic (exact) mass is 842 g/mol. The van der Waals surface area contributed by atoms with Gasteiger partial charge in [0.2, 0.25) is 0 Å². The van der Waals surface area contributed by atoms with Crippen LogP contribution in [-0.2, 0) is 37.5 Å². The quantitative estimate of drug-likeness (QED) is 0.0231. The van der Waals surface area contributed by atoms with Gasteiger partial charge in [0.15, 0.2) is 6.10 Å². The Morgan fingerprint density at radius 1 is 0.534 bits per heavy atom. The summed E-state index contributed by atoms with van der Waals surface area (Å²) in [7, 11) is -4.72. The van der Waals surface area contributed by atoms with Gasteiger partial charge >= 0.3 is 25.7 Å². The molecule has 0 saturated heterocycles. The van der Waals surface area contributed by atoms with Crippen molar-refractivity contribution < 1.29 is 47.5 Å². The Balaban J connectivity index is 4.33. The number of carboxylic acids is 1. The minimum atomic E-state index is -4.72. The number of carbonyl (C=O) groups excluding carboxylic acids is 2. The second kappa shape index (κ2) is 41.4. The first-order valence-electron chi connectivity index (χ1n) is 23.0. The van der Waals surface area contributed by atoms with Gasteiger partial charge in [-0.05, 0) is 70.6 Å². The summed E-state index contributed by atoms with van der Waals surface area (Å²) in [5.41, 5.74) is 5.34. The van der Waals surface area contributed by atoms with Crippen LogP contribution in [0.5, 0.6) is 0 Å². The number of nitrogens with two attached hydrogens (primary N) is 1. The van der Waals surface area contributed by atoms with Gasteiger partial charge in [0, 0.05) is 12.8 Å². The van der Waals surface area contributed by atoms with Gasteiger partial charge in [-0.15, -0.1) is 0 Å². The third-order valence-corrected chi connectivity index (χ3v) is 10.8. The molecule has 11 nitrogen and oxygen atoms in total. The lowest BCUT2D eigenvalue weighted by Crippen LogP contribution is -2.34. The fraction of sp³-hybridized carbons (Fsp3) is 0.804. The standard InChI is InChI=1S/C46H84NO10P/c1-3-5-7-9-11-13-15-17-19-20-21-22-24-26-28-30-32-34-36-38-45(49)57-42(40-55-58(52,53)56-41-43(47)46(50)51)39-54-44(48)37-35-33-31-29-27-25-23-18-16-14-12-10-8-6-4-2/h12,14,17-19,23,42-43H,3-11,13,15-16,20-22,24-41,47H2,1-2H3,(H,50,51)(H,52,53)/b14-12-,19-17-,23-18-/t42-,43+/m1/s1. The number of ether oxygens (including phenoxy) is 2. The Kier molecular flexibility index (Phi) is 39.8. The van der Waals surface area contributed by atoms with E-state index in [2.05, 4.69) is 54.8 Å². The number of esters is 2. The van der Waals surface area contributed by atoms with Gasteiger partial charge in [0.1, 0.15) is 12.6 Å². The maximum Gasteiger partial charge on any atom is 0.472 e. The smallest absolute Gasteiger partial charge is 0.472 e. The van der Waals surface area contributed by atoms with E-state index < -0.39 is 51.1 Å². The first-order chi connectivity index (χ1) is 28.1. The molecule has 0 aliphatic carbocycles. The highest BCUT2D eigenvalue weighted by molar-refractivity contribution is 7.47. The van der Waals surface area contributed by atoms with E-state index >= 15 is 0 Å². The normalized spacial score (nSPS) is 14.0. The maximum absolute atomic E-state index is 12.6. The molecule has 0 aliphatic rings. The fourth-order valence-electron chi connectivity index (χ4n) is 6.21. The SMILES string of the molecule is CCCCC/C=C\C/C=C\CCCCCCCC(=O)OC[C@H](COP(=O)(O)OC[C@H](N)C(=O)O)OC(=O)CCCCCCCCCCC/C=C\CCCCCCCC. The fourth-order valence-corrected chi connectivity index (χ4v) is 6.99. The van der Waals surface area contributed by atoms with Crippen molar-refractivity contribution in [1.29, 1.82) is 0 Å². The van der Waals surface area contributed by atoms with Crippen LogP contribution in [0, 0.1) is 0 Å². The molecule has 0 heterocycles. The number of unbranched alkanes of at least 4 members (excludes halogenated alkanes) is 23. The lowest BCUT2D eigenvalue weighted by molar-refractivity contribution is -0.161. The molecule has 338 valence electrons. The summed E-state index contributed by atoms with van der Waals surface area (Å²) in [5.74, 6) is -2.39. The third kappa shape index (κ3) is 40.5. The molecule has 0 spiro atoms. The van der Waals surface area contributed by atoms with E-state index in [0.29, 0.717) is 12.8 Å². The molecule has 4 N–H and O–H groups in total. The molecule has 0 aromatic heterocycles. The summed E-state index contributed by atoms with van der Waals surface area (Å²) in [6, 6.07) is -1.52. The Hall–Kier alpha value is -2.30. The van der Waals surface area contributed by atoms with Crippen molar-refractivity contribution >= 4 is 25.7 Å². The first kappa shape index (κ1) is 55.7. The number of hydrogen-bond donors (Lipinski definition) is 3. The Labute approximate surface area is 353 Å². The van der Waals surface area contributed by atoms with Crippen molar-refractivity contribution in [2.24, 2.45) is 5.73 Å². The summed E-state index contributed by atoms with van der Waals surface area (Å²) >= 11 is 0. The van der Waals surface area contributed by atoms with E-state index in [1.54, 1.807) is 0 Å². The minimum absolute atomic E-state index is 0.156. The molecular weight excluding hydrogens is 757 g/mol. The molecule has 0 rings (SSSR count). The topological polar surface area (TPSA) is 172 Å². The number of carboxylic acid groups (broad SMARTS) is 1. The average Bonchev–Trinajstić information content (AvgIpc) is 3.20. The molecule has 12 heteroatoms. The number of phosphoric ester groups is 1. The van der Waals surface area contributed by atoms with E-state index in [1.807, 2.05) is 0 Å². The number of allylic oxidation sites excluding steroid dienone is 6. The van der Waals surface area contributed by atoms with Crippen molar-refractivity contribution in [2.45, 2.75) is 219 Å². The Morgan fingerprint density at radius 2 is 0.914 bits per heavy atom. The van der Waals surface area contributed by atoms with Gasteiger partial charge in [0.05, 0.1) is 13.2 Å². The van der Waals surface area contributed by atoms with Crippen LogP contribution in [-0.4, -0.2) is 59.9 Å². The summed E-state index contributed by atoms with van der Waals surface area (Å²) in [6.07, 6.45) is 44.9. The predicted octanol–water partition coefficient (Wildman–Crippen LogP) is 12.4. The van der Waals surface area contributed by atoms with Crippen LogP contribution in [0.15, 0.2) is 36.5 Å². The molecule has 0 radical (unpaired) electrons. The van der Waals surface area contributed by atoms with Gasteiger partial charge in [-0.3, -0.25) is 23.4 Å². The molecule has 1 unspecified atom stereocenters. The third-order valence-electron chi connectivity index (χ3n) is 9.86. The lowest BCUT2D eigenvalue weighted by Gasteiger charge is -2.20. The summed E-state index contributed by atoms with van der Waals surface area (Å²) in [5, 5.41) is 8.90. The van der Waals surface area contributed by atoms with Crippen molar-refractivity contribution in [1.82, 2.24) is 0 Å². The largest absolute Gasteiger partial charge is 0.480 e. The molecule has 0 saturated carbocycles. The molecular formula is C46H84NO10P. The molecule has 0 amide bonds. The van der Waals surface area contributed by atoms with Crippen LogP contribution in [0.25, 0.3) is 0 Å². The maximum atomic E-state index is 12.6. The van der Waals surface area contributed by atoms with Gasteiger partial charge < -0.3 is 25.2 Å².